The summed E-state index contributed by atoms with van der Waals surface area (Å²) in [5.74, 6) is 0.720. The van der Waals surface area contributed by atoms with Crippen LogP contribution in [-0.4, -0.2) is 17.5 Å². The van der Waals surface area contributed by atoms with Crippen molar-refractivity contribution in [2.75, 3.05) is 11.9 Å². The van der Waals surface area contributed by atoms with Crippen LogP contribution >= 0.6 is 0 Å². The van der Waals surface area contributed by atoms with Crippen LogP contribution in [0.4, 0.5) is 5.69 Å². The topological polar surface area (TPSA) is 54.1 Å². The van der Waals surface area contributed by atoms with E-state index in [0.717, 1.165) is 22.3 Å². The molecule has 0 atom stereocenters. The van der Waals surface area contributed by atoms with Crippen LogP contribution in [0.1, 0.15) is 6.42 Å². The normalized spacial score (nSPS) is 10.5. The third-order valence-corrected chi connectivity index (χ3v) is 3.21. The number of para-hydroxylation sites is 1. The van der Waals surface area contributed by atoms with Gasteiger partial charge in [0.05, 0.1) is 18.7 Å². The van der Waals surface area contributed by atoms with E-state index in [1.165, 1.54) is 0 Å². The number of carbonyl (C=O) groups excluding carboxylic acids is 1. The maximum absolute atomic E-state index is 12.0. The molecule has 0 aliphatic heterocycles. The van der Waals surface area contributed by atoms with Crippen molar-refractivity contribution in [2.45, 2.75) is 6.42 Å². The SMILES string of the molecule is O=C(CCOc1ccccc1)Nc1cccc2[nH]ccc12. The van der Waals surface area contributed by atoms with Gasteiger partial charge in [-0.05, 0) is 30.3 Å². The van der Waals surface area contributed by atoms with Gasteiger partial charge in [-0.2, -0.15) is 0 Å². The van der Waals surface area contributed by atoms with Crippen LogP contribution in [0, 0.1) is 0 Å². The highest BCUT2D eigenvalue weighted by molar-refractivity contribution is 6.01. The molecule has 0 saturated heterocycles. The minimum absolute atomic E-state index is 0.0559. The fourth-order valence-electron chi connectivity index (χ4n) is 2.19. The molecule has 2 N–H and O–H groups in total. The summed E-state index contributed by atoms with van der Waals surface area (Å²) in [5, 5.41) is 3.93. The highest BCUT2D eigenvalue weighted by Gasteiger charge is 2.06. The quantitative estimate of drug-likeness (QED) is 0.750. The number of carbonyl (C=O) groups is 1. The average Bonchev–Trinajstić information content (AvgIpc) is 2.98. The second kappa shape index (κ2) is 6.13. The molecule has 21 heavy (non-hydrogen) atoms. The van der Waals surface area contributed by atoms with Gasteiger partial charge < -0.3 is 15.0 Å². The summed E-state index contributed by atoms with van der Waals surface area (Å²) in [6.07, 6.45) is 2.18. The largest absolute Gasteiger partial charge is 0.493 e. The highest BCUT2D eigenvalue weighted by atomic mass is 16.5. The van der Waals surface area contributed by atoms with Crippen LogP contribution < -0.4 is 10.1 Å². The fourth-order valence-corrected chi connectivity index (χ4v) is 2.19. The van der Waals surface area contributed by atoms with Crippen molar-refractivity contribution in [1.29, 1.82) is 0 Å². The Kier molecular flexibility index (Phi) is 3.87. The van der Waals surface area contributed by atoms with Crippen LogP contribution in [-0.2, 0) is 4.79 Å². The molecule has 2 aromatic carbocycles. The number of hydrogen-bond donors (Lipinski definition) is 2. The summed E-state index contributed by atoms with van der Waals surface area (Å²) in [7, 11) is 0. The van der Waals surface area contributed by atoms with Crippen molar-refractivity contribution in [3.8, 4) is 5.75 Å². The monoisotopic (exact) mass is 280 g/mol. The predicted octanol–water partition coefficient (Wildman–Crippen LogP) is 3.58. The number of H-pyrrole nitrogens is 1. The molecular formula is C17H16N2O2. The first-order chi connectivity index (χ1) is 10.3. The van der Waals surface area contributed by atoms with E-state index in [0.29, 0.717) is 13.0 Å². The van der Waals surface area contributed by atoms with E-state index < -0.39 is 0 Å². The number of anilines is 1. The van der Waals surface area contributed by atoms with Gasteiger partial charge in [0.25, 0.3) is 0 Å². The molecular weight excluding hydrogens is 264 g/mol. The van der Waals surface area contributed by atoms with Gasteiger partial charge in [0.15, 0.2) is 0 Å². The Morgan fingerprint density at radius 2 is 1.90 bits per heavy atom. The molecule has 1 amide bonds. The molecule has 0 saturated carbocycles. The lowest BCUT2D eigenvalue weighted by molar-refractivity contribution is -0.116. The number of nitrogens with one attached hydrogen (secondary N) is 2. The van der Waals surface area contributed by atoms with E-state index in [2.05, 4.69) is 10.3 Å². The minimum Gasteiger partial charge on any atom is -0.493 e. The second-order valence-corrected chi connectivity index (χ2v) is 4.70. The molecule has 3 aromatic rings. The van der Waals surface area contributed by atoms with Crippen LogP contribution in [0.15, 0.2) is 60.8 Å². The molecule has 3 rings (SSSR count). The maximum atomic E-state index is 12.0. The average molecular weight is 280 g/mol. The van der Waals surface area contributed by atoms with Crippen molar-refractivity contribution in [2.24, 2.45) is 0 Å². The number of benzene rings is 2. The molecule has 0 aliphatic rings. The number of ether oxygens (including phenoxy) is 1. The van der Waals surface area contributed by atoms with Gasteiger partial charge in [-0.1, -0.05) is 24.3 Å². The van der Waals surface area contributed by atoms with Gasteiger partial charge >= 0.3 is 0 Å². The first kappa shape index (κ1) is 13.2. The Bertz CT molecular complexity index is 735. The van der Waals surface area contributed by atoms with E-state index in [-0.39, 0.29) is 5.91 Å². The summed E-state index contributed by atoms with van der Waals surface area (Å²) in [5.41, 5.74) is 1.83. The molecule has 4 nitrogen and oxygen atoms in total. The minimum atomic E-state index is -0.0559. The molecule has 0 aliphatic carbocycles. The third-order valence-electron chi connectivity index (χ3n) is 3.21. The van der Waals surface area contributed by atoms with E-state index in [4.69, 9.17) is 4.74 Å². The van der Waals surface area contributed by atoms with E-state index in [9.17, 15) is 4.79 Å². The molecule has 1 aromatic heterocycles. The second-order valence-electron chi connectivity index (χ2n) is 4.70. The van der Waals surface area contributed by atoms with Gasteiger partial charge in [-0.15, -0.1) is 0 Å². The summed E-state index contributed by atoms with van der Waals surface area (Å²) < 4.78 is 5.52. The lowest BCUT2D eigenvalue weighted by atomic mass is 10.2. The summed E-state index contributed by atoms with van der Waals surface area (Å²) >= 11 is 0. The Hall–Kier alpha value is -2.75. The van der Waals surface area contributed by atoms with E-state index in [1.54, 1.807) is 0 Å². The zero-order valence-electron chi connectivity index (χ0n) is 11.5. The zero-order valence-corrected chi connectivity index (χ0v) is 11.5. The maximum Gasteiger partial charge on any atom is 0.227 e. The van der Waals surface area contributed by atoms with Gasteiger partial charge in [-0.3, -0.25) is 4.79 Å². The smallest absolute Gasteiger partial charge is 0.227 e. The standard InChI is InChI=1S/C17H16N2O2/c20-17(10-12-21-13-5-2-1-3-6-13)19-16-8-4-7-15-14(16)9-11-18-15/h1-9,11,18H,10,12H2,(H,19,20). The number of aromatic nitrogens is 1. The lowest BCUT2D eigenvalue weighted by Gasteiger charge is -2.08. The summed E-state index contributed by atoms with van der Waals surface area (Å²) in [4.78, 5) is 15.1. The van der Waals surface area contributed by atoms with Crippen molar-refractivity contribution in [1.82, 2.24) is 4.98 Å². The van der Waals surface area contributed by atoms with Gasteiger partial charge in [0.2, 0.25) is 5.91 Å². The first-order valence-corrected chi connectivity index (χ1v) is 6.87. The van der Waals surface area contributed by atoms with Gasteiger partial charge in [0.1, 0.15) is 5.75 Å². The Labute approximate surface area is 122 Å². The van der Waals surface area contributed by atoms with E-state index in [1.807, 2.05) is 60.8 Å². The third kappa shape index (κ3) is 3.23. The Balaban J connectivity index is 1.56. The van der Waals surface area contributed by atoms with Crippen molar-refractivity contribution in [3.63, 3.8) is 0 Å². The Morgan fingerprint density at radius 3 is 2.76 bits per heavy atom. The lowest BCUT2D eigenvalue weighted by Crippen LogP contribution is -2.15. The number of aromatic amines is 1. The van der Waals surface area contributed by atoms with Crippen LogP contribution in [0.3, 0.4) is 0 Å². The molecule has 106 valence electrons. The van der Waals surface area contributed by atoms with Crippen molar-refractivity contribution in [3.05, 3.63) is 60.8 Å². The molecule has 0 bridgehead atoms. The number of amides is 1. The predicted molar refractivity (Wildman–Crippen MR) is 83.5 cm³/mol. The Morgan fingerprint density at radius 1 is 1.05 bits per heavy atom. The molecule has 0 fully saturated rings. The zero-order chi connectivity index (χ0) is 14.5. The number of rotatable bonds is 5. The molecule has 0 unspecified atom stereocenters. The molecule has 4 heteroatoms. The first-order valence-electron chi connectivity index (χ1n) is 6.87. The molecule has 1 heterocycles. The van der Waals surface area contributed by atoms with Crippen molar-refractivity contribution >= 4 is 22.5 Å². The summed E-state index contributed by atoms with van der Waals surface area (Å²) in [6, 6.07) is 17.2. The molecule has 0 spiro atoms. The van der Waals surface area contributed by atoms with Crippen LogP contribution in [0.2, 0.25) is 0 Å². The molecule has 0 radical (unpaired) electrons. The summed E-state index contributed by atoms with van der Waals surface area (Å²) in [6.45, 7) is 0.360. The van der Waals surface area contributed by atoms with Crippen LogP contribution in [0.25, 0.3) is 10.9 Å². The fraction of sp³-hybridized carbons (Fsp3) is 0.118. The van der Waals surface area contributed by atoms with Gasteiger partial charge in [-0.25, -0.2) is 0 Å². The van der Waals surface area contributed by atoms with Crippen LogP contribution in [0.5, 0.6) is 5.75 Å². The van der Waals surface area contributed by atoms with E-state index >= 15 is 0 Å². The highest BCUT2D eigenvalue weighted by Crippen LogP contribution is 2.22. The van der Waals surface area contributed by atoms with Crippen molar-refractivity contribution < 1.29 is 9.53 Å². The van der Waals surface area contributed by atoms with Gasteiger partial charge in [0, 0.05) is 17.1 Å². The number of fused-ring (bicyclic) bond motifs is 1. The number of hydrogen-bond acceptors (Lipinski definition) is 2.